The molecule has 36 heavy (non-hydrogen) atoms. The van der Waals surface area contributed by atoms with E-state index in [0.29, 0.717) is 34.7 Å². The number of fused-ring (bicyclic) bond motifs is 5. The van der Waals surface area contributed by atoms with E-state index in [4.69, 9.17) is 4.43 Å². The van der Waals surface area contributed by atoms with Crippen LogP contribution in [0.5, 0.6) is 0 Å². The maximum atomic E-state index is 11.4. The van der Waals surface area contributed by atoms with Gasteiger partial charge in [0.1, 0.15) is 0 Å². The van der Waals surface area contributed by atoms with Gasteiger partial charge in [0.2, 0.25) is 0 Å². The standard InChI is InChI=1S/C33H60O2Si/c1-22(2)12-11-13-23(3)30-29(34)21-28-26-15-14-24-20-25(35-36(9,10)31(4,5)6)16-18-32(24,7)27(26)17-19-33(28,30)8/h14,22-23,25-30,34H,11-13,15-21H2,1-10H3/t23-,25?,26-,27+,28+,29+,30+,32+,33+/m1/s1. The number of hydrogen-bond acceptors (Lipinski definition) is 2. The van der Waals surface area contributed by atoms with Crippen molar-refractivity contribution in [3.63, 3.8) is 0 Å². The number of aliphatic hydroxyl groups is 1. The van der Waals surface area contributed by atoms with Gasteiger partial charge in [-0.15, -0.1) is 0 Å². The van der Waals surface area contributed by atoms with Crippen LogP contribution in [-0.4, -0.2) is 25.6 Å². The molecule has 4 aliphatic rings. The fraction of sp³-hybridized carbons (Fsp3) is 0.939. The molecule has 1 unspecified atom stereocenters. The van der Waals surface area contributed by atoms with Crippen LogP contribution in [0.4, 0.5) is 0 Å². The van der Waals surface area contributed by atoms with Crippen LogP contribution in [0.3, 0.4) is 0 Å². The van der Waals surface area contributed by atoms with E-state index in [1.165, 1.54) is 51.4 Å². The Morgan fingerprint density at radius 2 is 1.75 bits per heavy atom. The van der Waals surface area contributed by atoms with Crippen LogP contribution >= 0.6 is 0 Å². The van der Waals surface area contributed by atoms with Crippen molar-refractivity contribution in [2.75, 3.05) is 0 Å². The minimum absolute atomic E-state index is 0.0975. The van der Waals surface area contributed by atoms with Gasteiger partial charge < -0.3 is 9.53 Å². The van der Waals surface area contributed by atoms with E-state index in [-0.39, 0.29) is 11.1 Å². The minimum atomic E-state index is -1.73. The second-order valence-electron chi connectivity index (χ2n) is 16.2. The first kappa shape index (κ1) is 28.9. The van der Waals surface area contributed by atoms with Gasteiger partial charge >= 0.3 is 0 Å². The third-order valence-corrected chi connectivity index (χ3v) is 17.0. The highest BCUT2D eigenvalue weighted by molar-refractivity contribution is 6.74. The highest BCUT2D eigenvalue weighted by atomic mass is 28.4. The van der Waals surface area contributed by atoms with Crippen LogP contribution in [-0.2, 0) is 4.43 Å². The molecule has 3 heteroatoms. The minimum Gasteiger partial charge on any atom is -0.414 e. The highest BCUT2D eigenvalue weighted by Crippen LogP contribution is 2.67. The van der Waals surface area contributed by atoms with Crippen LogP contribution in [0, 0.1) is 46.3 Å². The third-order valence-electron chi connectivity index (χ3n) is 12.5. The van der Waals surface area contributed by atoms with E-state index in [0.717, 1.165) is 30.6 Å². The van der Waals surface area contributed by atoms with Gasteiger partial charge in [-0.1, -0.05) is 86.3 Å². The normalized spacial score (nSPS) is 41.9. The van der Waals surface area contributed by atoms with Crippen molar-refractivity contribution in [2.45, 2.75) is 150 Å². The summed E-state index contributed by atoms with van der Waals surface area (Å²) < 4.78 is 6.92. The Morgan fingerprint density at radius 1 is 1.06 bits per heavy atom. The molecule has 0 spiro atoms. The van der Waals surface area contributed by atoms with E-state index in [9.17, 15) is 5.11 Å². The topological polar surface area (TPSA) is 29.5 Å². The summed E-state index contributed by atoms with van der Waals surface area (Å²) in [4.78, 5) is 0. The molecule has 3 fully saturated rings. The molecule has 0 bridgehead atoms. The average Bonchev–Trinajstić information content (AvgIpc) is 3.02. The van der Waals surface area contributed by atoms with E-state index in [1.807, 2.05) is 0 Å². The predicted molar refractivity (Wildman–Crippen MR) is 157 cm³/mol. The molecule has 1 N–H and O–H groups in total. The molecule has 0 aromatic rings. The van der Waals surface area contributed by atoms with E-state index in [2.05, 4.69) is 74.6 Å². The molecule has 0 amide bonds. The highest BCUT2D eigenvalue weighted by Gasteiger charge is 2.61. The van der Waals surface area contributed by atoms with Gasteiger partial charge in [-0.25, -0.2) is 0 Å². The van der Waals surface area contributed by atoms with Crippen LogP contribution < -0.4 is 0 Å². The van der Waals surface area contributed by atoms with E-state index < -0.39 is 8.32 Å². The van der Waals surface area contributed by atoms with Crippen molar-refractivity contribution in [2.24, 2.45) is 46.3 Å². The first-order chi connectivity index (χ1) is 16.6. The van der Waals surface area contributed by atoms with Crippen LogP contribution in [0.15, 0.2) is 11.6 Å². The maximum Gasteiger partial charge on any atom is 0.192 e. The quantitative estimate of drug-likeness (QED) is 0.270. The summed E-state index contributed by atoms with van der Waals surface area (Å²) in [6.07, 6.45) is 15.6. The smallest absolute Gasteiger partial charge is 0.192 e. The fourth-order valence-electron chi connectivity index (χ4n) is 9.43. The first-order valence-electron chi connectivity index (χ1n) is 15.7. The molecule has 3 saturated carbocycles. The zero-order valence-electron chi connectivity index (χ0n) is 25.6. The van der Waals surface area contributed by atoms with Gasteiger partial charge in [0.05, 0.1) is 6.10 Å². The fourth-order valence-corrected chi connectivity index (χ4v) is 10.8. The summed E-state index contributed by atoms with van der Waals surface area (Å²) >= 11 is 0. The van der Waals surface area contributed by atoms with Gasteiger partial charge in [0.25, 0.3) is 0 Å². The largest absolute Gasteiger partial charge is 0.414 e. The van der Waals surface area contributed by atoms with Crippen molar-refractivity contribution in [3.8, 4) is 0 Å². The Morgan fingerprint density at radius 3 is 2.39 bits per heavy atom. The molecule has 0 radical (unpaired) electrons. The summed E-state index contributed by atoms with van der Waals surface area (Å²) in [7, 11) is -1.73. The molecule has 0 aromatic heterocycles. The van der Waals surface area contributed by atoms with E-state index >= 15 is 0 Å². The number of aliphatic hydroxyl groups excluding tert-OH is 1. The van der Waals surface area contributed by atoms with E-state index in [1.54, 1.807) is 5.57 Å². The molecule has 4 rings (SSSR count). The Labute approximate surface area is 225 Å². The summed E-state index contributed by atoms with van der Waals surface area (Å²) in [5.41, 5.74) is 2.39. The van der Waals surface area contributed by atoms with Crippen molar-refractivity contribution >= 4 is 8.32 Å². The number of allylic oxidation sites excluding steroid dienone is 1. The molecule has 4 aliphatic carbocycles. The molecule has 2 nitrogen and oxygen atoms in total. The van der Waals surface area contributed by atoms with Gasteiger partial charge in [-0.3, -0.25) is 0 Å². The lowest BCUT2D eigenvalue weighted by Gasteiger charge is -2.58. The summed E-state index contributed by atoms with van der Waals surface area (Å²) in [5, 5.41) is 11.7. The lowest BCUT2D eigenvalue weighted by molar-refractivity contribution is -0.0613. The molecular weight excluding hydrogens is 456 g/mol. The zero-order valence-corrected chi connectivity index (χ0v) is 26.6. The zero-order chi connectivity index (χ0) is 26.7. The third kappa shape index (κ3) is 5.08. The Hall–Kier alpha value is -0.123. The monoisotopic (exact) mass is 516 g/mol. The second-order valence-corrected chi connectivity index (χ2v) is 20.9. The van der Waals surface area contributed by atoms with Gasteiger partial charge in [-0.2, -0.15) is 0 Å². The van der Waals surface area contributed by atoms with Crippen molar-refractivity contribution in [1.82, 2.24) is 0 Å². The van der Waals surface area contributed by atoms with Crippen molar-refractivity contribution < 1.29 is 9.53 Å². The molecule has 9 atom stereocenters. The van der Waals surface area contributed by atoms with Gasteiger partial charge in [0.15, 0.2) is 8.32 Å². The van der Waals surface area contributed by atoms with Crippen LogP contribution in [0.2, 0.25) is 18.1 Å². The summed E-state index contributed by atoms with van der Waals surface area (Å²) in [6, 6.07) is 0. The van der Waals surface area contributed by atoms with Crippen LogP contribution in [0.1, 0.15) is 120 Å². The lowest BCUT2D eigenvalue weighted by atomic mass is 9.47. The number of rotatable bonds is 7. The SMILES string of the molecule is CC(C)CCC[C@@H](C)[C@H]1[C@@H](O)C[C@H]2[C@@H]3CC=C4CC(O[Si](C)(C)C(C)(C)C)CC[C@]4(C)[C@H]3CC[C@]12C. The molecule has 0 aliphatic heterocycles. The molecule has 0 saturated heterocycles. The maximum absolute atomic E-state index is 11.4. The lowest BCUT2D eigenvalue weighted by Crippen LogP contribution is -2.52. The Kier molecular flexibility index (Phi) is 8.12. The van der Waals surface area contributed by atoms with Crippen molar-refractivity contribution in [1.29, 1.82) is 0 Å². The number of hydrogen-bond donors (Lipinski definition) is 1. The summed E-state index contributed by atoms with van der Waals surface area (Å²) in [5.74, 6) is 4.17. The predicted octanol–water partition coefficient (Wildman–Crippen LogP) is 9.39. The van der Waals surface area contributed by atoms with Gasteiger partial charge in [-0.05, 0) is 109 Å². The molecule has 208 valence electrons. The van der Waals surface area contributed by atoms with Gasteiger partial charge in [0, 0.05) is 6.10 Å². The Bertz CT molecular complexity index is 809. The average molecular weight is 517 g/mol. The molecule has 0 aromatic carbocycles. The van der Waals surface area contributed by atoms with Crippen LogP contribution in [0.25, 0.3) is 0 Å². The van der Waals surface area contributed by atoms with Crippen molar-refractivity contribution in [3.05, 3.63) is 11.6 Å². The molecule has 0 heterocycles. The first-order valence-corrected chi connectivity index (χ1v) is 18.6. The molecular formula is C33H60O2Si. The Balaban J connectivity index is 1.48. The second kappa shape index (κ2) is 10.1. The summed E-state index contributed by atoms with van der Waals surface area (Å²) in [6.45, 7) is 24.3.